The Labute approximate surface area is 44.9 Å². The summed E-state index contributed by atoms with van der Waals surface area (Å²) in [5.74, 6) is -1.32. The van der Waals surface area contributed by atoms with Crippen LogP contribution in [0.3, 0.4) is 0 Å². The maximum atomic E-state index is 9.98. The van der Waals surface area contributed by atoms with E-state index in [9.17, 15) is 4.79 Å². The Balaban J connectivity index is 4.04. The zero-order chi connectivity index (χ0) is 7.65. The average molecular weight is 105 g/mol. The quantitative estimate of drug-likeness (QED) is 0.511. The molecule has 0 aliphatic carbocycles. The molecule has 0 aliphatic rings. The molecule has 0 saturated carbocycles. The molecule has 3 heteroatoms. The summed E-state index contributed by atoms with van der Waals surface area (Å²) in [4.78, 5) is 9.98. The van der Waals surface area contributed by atoms with Gasteiger partial charge in [0.25, 0.3) is 0 Å². The first-order valence-electron chi connectivity index (χ1n) is 2.84. The highest BCUT2D eigenvalue weighted by Crippen LogP contribution is 1.82. The van der Waals surface area contributed by atoms with Gasteiger partial charge in [0.15, 0.2) is 0 Å². The SMILES string of the molecule is [2H]C([2H])(C)C(N)C(=O)O. The molecule has 0 aromatic rings. The summed E-state index contributed by atoms with van der Waals surface area (Å²) >= 11 is 0. The van der Waals surface area contributed by atoms with Gasteiger partial charge in [-0.25, -0.2) is 0 Å². The third-order valence-electron chi connectivity index (χ3n) is 0.577. The van der Waals surface area contributed by atoms with E-state index >= 15 is 0 Å². The lowest BCUT2D eigenvalue weighted by molar-refractivity contribution is -0.138. The molecule has 0 rings (SSSR count). The van der Waals surface area contributed by atoms with Gasteiger partial charge in [0.05, 0.1) is 0 Å². The number of rotatable bonds is 2. The van der Waals surface area contributed by atoms with E-state index in [0.717, 1.165) is 6.92 Å². The lowest BCUT2D eigenvalue weighted by Gasteiger charge is -1.97. The highest BCUT2D eigenvalue weighted by Gasteiger charge is 2.05. The predicted octanol–water partition coefficient (Wildman–Crippen LogP) is -0.192. The van der Waals surface area contributed by atoms with Crippen molar-refractivity contribution in [3.05, 3.63) is 0 Å². The highest BCUT2D eigenvalue weighted by molar-refractivity contribution is 5.72. The first kappa shape index (κ1) is 3.43. The average Bonchev–Trinajstić information content (AvgIpc) is 1.62. The standard InChI is InChI=1S/C4H9NO2/c1-2-3(5)4(6)7/h3H,2,5H2,1H3,(H,6,7)/i2D2. The fourth-order valence-corrected chi connectivity index (χ4v) is 0.123. The van der Waals surface area contributed by atoms with Crippen LogP contribution in [0.15, 0.2) is 0 Å². The first-order valence-corrected chi connectivity index (χ1v) is 1.84. The Hall–Kier alpha value is -0.570. The van der Waals surface area contributed by atoms with Crippen LogP contribution in [0.4, 0.5) is 0 Å². The third-order valence-corrected chi connectivity index (χ3v) is 0.577. The summed E-state index contributed by atoms with van der Waals surface area (Å²) in [6.45, 7) is 1.13. The van der Waals surface area contributed by atoms with Gasteiger partial charge in [-0.05, 0) is 6.37 Å². The third kappa shape index (κ3) is 2.17. The molecule has 3 nitrogen and oxygen atoms in total. The van der Waals surface area contributed by atoms with E-state index in [2.05, 4.69) is 0 Å². The van der Waals surface area contributed by atoms with Gasteiger partial charge in [0, 0.05) is 2.74 Å². The summed E-state index contributed by atoms with van der Waals surface area (Å²) in [5.41, 5.74) is 4.92. The van der Waals surface area contributed by atoms with E-state index < -0.39 is 18.4 Å². The van der Waals surface area contributed by atoms with Gasteiger partial charge in [-0.15, -0.1) is 0 Å². The number of aliphatic carboxylic acids is 1. The monoisotopic (exact) mass is 105 g/mol. The van der Waals surface area contributed by atoms with E-state index in [1.807, 2.05) is 0 Å². The zero-order valence-corrected chi connectivity index (χ0v) is 4.01. The molecule has 1 unspecified atom stereocenters. The topological polar surface area (TPSA) is 63.3 Å². The normalized spacial score (nSPS) is 19.7. The lowest BCUT2D eigenvalue weighted by Crippen LogP contribution is -2.28. The molecule has 42 valence electrons. The van der Waals surface area contributed by atoms with Crippen molar-refractivity contribution >= 4 is 5.97 Å². The van der Waals surface area contributed by atoms with Gasteiger partial charge in [0.2, 0.25) is 0 Å². The summed E-state index contributed by atoms with van der Waals surface area (Å²) in [6.07, 6.45) is -1.84. The molecule has 0 aromatic carbocycles. The van der Waals surface area contributed by atoms with Crippen molar-refractivity contribution in [1.82, 2.24) is 0 Å². The molecule has 0 aliphatic heterocycles. The van der Waals surface area contributed by atoms with Crippen molar-refractivity contribution in [3.8, 4) is 0 Å². The van der Waals surface area contributed by atoms with Crippen molar-refractivity contribution < 1.29 is 12.6 Å². The Kier molecular flexibility index (Phi) is 1.26. The first-order chi connectivity index (χ1) is 3.85. The van der Waals surface area contributed by atoms with Crippen LogP contribution >= 0.6 is 0 Å². The van der Waals surface area contributed by atoms with Crippen LogP contribution in [0.1, 0.15) is 16.0 Å². The van der Waals surface area contributed by atoms with Crippen LogP contribution in [-0.4, -0.2) is 17.1 Å². The van der Waals surface area contributed by atoms with E-state index in [1.54, 1.807) is 0 Å². The Bertz CT molecular complexity index is 120. The fraction of sp³-hybridized carbons (Fsp3) is 0.750. The number of carboxylic acid groups (broad SMARTS) is 1. The number of nitrogens with two attached hydrogens (primary N) is 1. The van der Waals surface area contributed by atoms with Crippen molar-refractivity contribution in [2.45, 2.75) is 19.3 Å². The van der Waals surface area contributed by atoms with Crippen molar-refractivity contribution in [2.75, 3.05) is 0 Å². The molecule has 0 aromatic heterocycles. The molecular weight excluding hydrogens is 94.0 g/mol. The largest absolute Gasteiger partial charge is 0.480 e. The van der Waals surface area contributed by atoms with E-state index in [1.165, 1.54) is 0 Å². The van der Waals surface area contributed by atoms with Gasteiger partial charge in [-0.1, -0.05) is 6.92 Å². The van der Waals surface area contributed by atoms with Crippen LogP contribution in [0.25, 0.3) is 0 Å². The molecule has 0 spiro atoms. The number of carboxylic acids is 1. The molecule has 0 radical (unpaired) electrons. The number of hydrogen-bond donors (Lipinski definition) is 2. The summed E-state index contributed by atoms with van der Waals surface area (Å²) in [5, 5.41) is 8.15. The van der Waals surface area contributed by atoms with Crippen molar-refractivity contribution in [2.24, 2.45) is 5.73 Å². The summed E-state index contributed by atoms with van der Waals surface area (Å²) < 4.78 is 13.7. The second-order valence-corrected chi connectivity index (χ2v) is 1.10. The van der Waals surface area contributed by atoms with Crippen molar-refractivity contribution in [1.29, 1.82) is 0 Å². The van der Waals surface area contributed by atoms with Crippen LogP contribution < -0.4 is 5.73 Å². The minimum absolute atomic E-state index is 1.13. The Morgan fingerprint density at radius 1 is 2.29 bits per heavy atom. The molecule has 3 N–H and O–H groups in total. The van der Waals surface area contributed by atoms with Gasteiger partial charge >= 0.3 is 5.97 Å². The molecule has 0 heterocycles. The molecule has 7 heavy (non-hydrogen) atoms. The molecule has 1 atom stereocenters. The van der Waals surface area contributed by atoms with E-state index in [-0.39, 0.29) is 0 Å². The maximum Gasteiger partial charge on any atom is 0.320 e. The smallest absolute Gasteiger partial charge is 0.320 e. The molecule has 0 saturated heterocycles. The second-order valence-electron chi connectivity index (χ2n) is 1.10. The molecular formula is C4H9NO2. The highest BCUT2D eigenvalue weighted by atomic mass is 16.4. The van der Waals surface area contributed by atoms with Gasteiger partial charge in [-0.2, -0.15) is 0 Å². The van der Waals surface area contributed by atoms with Crippen LogP contribution in [0, 0.1) is 0 Å². The zero-order valence-electron chi connectivity index (χ0n) is 6.01. The summed E-state index contributed by atoms with van der Waals surface area (Å²) in [7, 11) is 0. The van der Waals surface area contributed by atoms with Crippen molar-refractivity contribution in [3.63, 3.8) is 0 Å². The predicted molar refractivity (Wildman–Crippen MR) is 25.9 cm³/mol. The van der Waals surface area contributed by atoms with E-state index in [0.29, 0.717) is 0 Å². The van der Waals surface area contributed by atoms with Crippen LogP contribution in [-0.2, 0) is 4.79 Å². The molecule has 0 fully saturated rings. The minimum Gasteiger partial charge on any atom is -0.480 e. The Morgan fingerprint density at radius 3 is 2.71 bits per heavy atom. The van der Waals surface area contributed by atoms with Crippen LogP contribution in [0.5, 0.6) is 0 Å². The van der Waals surface area contributed by atoms with Gasteiger partial charge in [-0.3, -0.25) is 4.79 Å². The lowest BCUT2D eigenvalue weighted by atomic mass is 10.2. The van der Waals surface area contributed by atoms with E-state index in [4.69, 9.17) is 13.6 Å². The fourth-order valence-electron chi connectivity index (χ4n) is 0.123. The molecule has 0 bridgehead atoms. The van der Waals surface area contributed by atoms with Gasteiger partial charge in [0.1, 0.15) is 6.04 Å². The Morgan fingerprint density at radius 2 is 2.71 bits per heavy atom. The summed E-state index contributed by atoms with van der Waals surface area (Å²) in [6, 6.07) is -1.43. The number of carbonyl (C=O) groups is 1. The minimum atomic E-state index is -1.84. The maximum absolute atomic E-state index is 9.98. The second kappa shape index (κ2) is 2.58. The molecule has 0 amide bonds. The number of hydrogen-bond acceptors (Lipinski definition) is 2. The van der Waals surface area contributed by atoms with Gasteiger partial charge < -0.3 is 10.8 Å². The van der Waals surface area contributed by atoms with Crippen LogP contribution in [0.2, 0.25) is 0 Å².